The Bertz CT molecular complexity index is 111. The molecule has 0 heterocycles. The van der Waals surface area contributed by atoms with Crippen molar-refractivity contribution in [1.82, 2.24) is 4.91 Å². The summed E-state index contributed by atoms with van der Waals surface area (Å²) in [6.07, 6.45) is 0. The molecule has 5 nitrogen and oxygen atoms in total. The molecule has 0 aromatic rings. The Balaban J connectivity index is 2.83. The van der Waals surface area contributed by atoms with E-state index in [4.69, 9.17) is 15.0 Å². The molecule has 0 fully saturated rings. The van der Waals surface area contributed by atoms with Crippen molar-refractivity contribution in [2.75, 3.05) is 33.5 Å². The van der Waals surface area contributed by atoms with Crippen LogP contribution in [-0.2, 0) is 9.47 Å². The summed E-state index contributed by atoms with van der Waals surface area (Å²) < 4.78 is 9.75. The predicted molar refractivity (Wildman–Crippen MR) is 34.8 cm³/mol. The van der Waals surface area contributed by atoms with Gasteiger partial charge in [0.2, 0.25) is 4.91 Å². The molecule has 0 saturated carbocycles. The van der Waals surface area contributed by atoms with Crippen LogP contribution in [0.1, 0.15) is 0 Å². The third-order valence-electron chi connectivity index (χ3n) is 0.838. The van der Waals surface area contributed by atoms with E-state index in [9.17, 15) is 0 Å². The Morgan fingerprint density at radius 1 is 1.40 bits per heavy atom. The molecule has 5 heteroatoms. The van der Waals surface area contributed by atoms with E-state index in [0.717, 1.165) is 0 Å². The van der Waals surface area contributed by atoms with Gasteiger partial charge in [-0.3, -0.25) is 0 Å². The summed E-state index contributed by atoms with van der Waals surface area (Å²) in [6.45, 7) is 2.13. The zero-order chi connectivity index (χ0) is 7.66. The third kappa shape index (κ3) is 7.23. The van der Waals surface area contributed by atoms with E-state index in [1.54, 1.807) is 7.11 Å². The van der Waals surface area contributed by atoms with Crippen LogP contribution < -0.4 is 4.91 Å². The van der Waals surface area contributed by atoms with Gasteiger partial charge in [-0.05, 0) is 0 Å². The Hall–Kier alpha value is -0.770. The molecule has 1 N–H and O–H groups in total. The fraction of sp³-hybridized carbons (Fsp3) is 1.00. The zero-order valence-corrected chi connectivity index (χ0v) is 6.04. The topological polar surface area (TPSA) is 68.8 Å². The monoisotopic (exact) mass is 146 g/mol. The second-order valence-corrected chi connectivity index (χ2v) is 1.57. The molecule has 0 aromatic carbocycles. The molecule has 0 saturated heterocycles. The summed E-state index contributed by atoms with van der Waals surface area (Å²) >= 11 is 0. The highest BCUT2D eigenvalue weighted by molar-refractivity contribution is 4.33. The van der Waals surface area contributed by atoms with Crippen LogP contribution in [-0.4, -0.2) is 33.5 Å². The molecule has 58 valence electrons. The summed E-state index contributed by atoms with van der Waals surface area (Å²) in [4.78, 5) is 2.82. The first kappa shape index (κ1) is 9.23. The SMILES string of the molecule is COCCOCCN=[N+]=N. The van der Waals surface area contributed by atoms with Crippen LogP contribution in [0.15, 0.2) is 5.11 Å². The van der Waals surface area contributed by atoms with Gasteiger partial charge in [0.25, 0.3) is 0 Å². The van der Waals surface area contributed by atoms with Gasteiger partial charge < -0.3 is 9.47 Å². The van der Waals surface area contributed by atoms with Gasteiger partial charge >= 0.3 is 0 Å². The number of rotatable bonds is 6. The van der Waals surface area contributed by atoms with Crippen molar-refractivity contribution in [3.63, 3.8) is 0 Å². The molecule has 0 radical (unpaired) electrons. The highest BCUT2D eigenvalue weighted by Crippen LogP contribution is 1.75. The molecular formula is C5H12N3O2+. The first-order valence-corrected chi connectivity index (χ1v) is 3.01. The fourth-order valence-electron chi connectivity index (χ4n) is 0.400. The Labute approximate surface area is 59.6 Å². The van der Waals surface area contributed by atoms with Crippen LogP contribution in [0.5, 0.6) is 0 Å². The summed E-state index contributed by atoms with van der Waals surface area (Å²) in [5, 5.41) is 3.40. The average molecular weight is 146 g/mol. The van der Waals surface area contributed by atoms with Gasteiger partial charge in [-0.1, -0.05) is 0 Å². The zero-order valence-electron chi connectivity index (χ0n) is 6.04. The highest BCUT2D eigenvalue weighted by Gasteiger charge is 1.88. The van der Waals surface area contributed by atoms with E-state index in [-0.39, 0.29) is 0 Å². The molecule has 10 heavy (non-hydrogen) atoms. The van der Waals surface area contributed by atoms with E-state index in [2.05, 4.69) is 10.0 Å². The van der Waals surface area contributed by atoms with Crippen LogP contribution in [0.25, 0.3) is 0 Å². The van der Waals surface area contributed by atoms with Gasteiger partial charge in [-0.25, -0.2) is 0 Å². The number of nitrogens with zero attached hydrogens (tertiary/aromatic N) is 2. The minimum absolute atomic E-state index is 0.452. The minimum atomic E-state index is 0.452. The van der Waals surface area contributed by atoms with Gasteiger partial charge in [-0.2, -0.15) is 0 Å². The smallest absolute Gasteiger partial charge is 0.214 e. The molecule has 0 amide bonds. The van der Waals surface area contributed by atoms with Crippen molar-refractivity contribution in [2.45, 2.75) is 0 Å². The number of methoxy groups -OCH3 is 1. The molecule has 0 spiro atoms. The lowest BCUT2D eigenvalue weighted by atomic mass is 10.7. The van der Waals surface area contributed by atoms with Gasteiger partial charge in [0.1, 0.15) is 17.2 Å². The summed E-state index contributed by atoms with van der Waals surface area (Å²) in [5.41, 5.74) is 6.30. The van der Waals surface area contributed by atoms with E-state index in [0.29, 0.717) is 26.4 Å². The Kier molecular flexibility index (Phi) is 7.60. The van der Waals surface area contributed by atoms with Crippen molar-refractivity contribution < 1.29 is 9.47 Å². The van der Waals surface area contributed by atoms with Crippen LogP contribution in [0, 0.1) is 5.53 Å². The van der Waals surface area contributed by atoms with Gasteiger partial charge in [0.15, 0.2) is 0 Å². The number of ether oxygens (including phenoxy) is 2. The lowest BCUT2D eigenvalue weighted by molar-refractivity contribution is 0.0743. The summed E-state index contributed by atoms with van der Waals surface area (Å²) in [7, 11) is 1.62. The summed E-state index contributed by atoms with van der Waals surface area (Å²) in [6, 6.07) is 0. The Morgan fingerprint density at radius 2 is 2.20 bits per heavy atom. The quantitative estimate of drug-likeness (QED) is 0.330. The van der Waals surface area contributed by atoms with Crippen molar-refractivity contribution in [2.24, 2.45) is 5.11 Å². The standard InChI is InChI=1S/C5H12N3O2/c1-9-4-5-10-3-2-7-8-6/h6H,2-5H2,1H3/q+1. The van der Waals surface area contributed by atoms with Crippen molar-refractivity contribution in [1.29, 1.82) is 5.53 Å². The van der Waals surface area contributed by atoms with Crippen LogP contribution >= 0.6 is 0 Å². The average Bonchev–Trinajstić information content (AvgIpc) is 1.97. The number of nitrogens with one attached hydrogen (secondary N) is 1. The van der Waals surface area contributed by atoms with Crippen molar-refractivity contribution in [3.8, 4) is 0 Å². The largest absolute Gasteiger partial charge is 0.382 e. The van der Waals surface area contributed by atoms with Crippen molar-refractivity contribution in [3.05, 3.63) is 0 Å². The number of hydrogen-bond acceptors (Lipinski definition) is 4. The molecule has 0 bridgehead atoms. The highest BCUT2D eigenvalue weighted by atomic mass is 16.5. The molecule has 0 aliphatic carbocycles. The molecule has 0 aliphatic rings. The van der Waals surface area contributed by atoms with Gasteiger partial charge in [-0.15, -0.1) is 0 Å². The molecule has 0 aromatic heterocycles. The van der Waals surface area contributed by atoms with Crippen LogP contribution in [0.3, 0.4) is 0 Å². The normalized spacial score (nSPS) is 8.90. The van der Waals surface area contributed by atoms with E-state index >= 15 is 0 Å². The maximum absolute atomic E-state index is 6.30. The maximum Gasteiger partial charge on any atom is 0.214 e. The lowest BCUT2D eigenvalue weighted by Crippen LogP contribution is -2.04. The third-order valence-corrected chi connectivity index (χ3v) is 0.838. The van der Waals surface area contributed by atoms with E-state index in [1.165, 1.54) is 0 Å². The predicted octanol–water partition coefficient (Wildman–Crippen LogP) is 0.200. The fourth-order valence-corrected chi connectivity index (χ4v) is 0.400. The molecule has 0 rings (SSSR count). The summed E-state index contributed by atoms with van der Waals surface area (Å²) in [5.74, 6) is 0. The van der Waals surface area contributed by atoms with Crippen LogP contribution in [0.4, 0.5) is 0 Å². The van der Waals surface area contributed by atoms with Crippen molar-refractivity contribution >= 4 is 0 Å². The first-order valence-electron chi connectivity index (χ1n) is 3.01. The Morgan fingerprint density at radius 3 is 2.80 bits per heavy atom. The van der Waals surface area contributed by atoms with E-state index in [1.807, 2.05) is 0 Å². The second kappa shape index (κ2) is 8.23. The van der Waals surface area contributed by atoms with Gasteiger partial charge in [0.05, 0.1) is 19.8 Å². The maximum atomic E-state index is 6.30. The minimum Gasteiger partial charge on any atom is -0.382 e. The molecule has 0 aliphatic heterocycles. The lowest BCUT2D eigenvalue weighted by Gasteiger charge is -1.97. The first-order chi connectivity index (χ1) is 4.91. The molecular weight excluding hydrogens is 134 g/mol. The van der Waals surface area contributed by atoms with Crippen LogP contribution in [0.2, 0.25) is 0 Å². The second-order valence-electron chi connectivity index (χ2n) is 1.57. The molecule has 0 atom stereocenters. The molecule has 0 unspecified atom stereocenters. The van der Waals surface area contributed by atoms with E-state index < -0.39 is 0 Å². The van der Waals surface area contributed by atoms with Gasteiger partial charge in [0, 0.05) is 7.11 Å². The number of hydrogen-bond donors (Lipinski definition) is 1.